The van der Waals surface area contributed by atoms with Crippen molar-refractivity contribution in [2.45, 2.75) is 44.3 Å². The second-order valence-corrected chi connectivity index (χ2v) is 11.7. The van der Waals surface area contributed by atoms with Crippen LogP contribution in [0, 0.1) is 0 Å². The van der Waals surface area contributed by atoms with Crippen molar-refractivity contribution in [2.24, 2.45) is 0 Å². The molecule has 9 nitrogen and oxygen atoms in total. The smallest absolute Gasteiger partial charge is 0.264 e. The molecule has 0 radical (unpaired) electrons. The molecular formula is C29H34ClN3O6S. The van der Waals surface area contributed by atoms with Crippen molar-refractivity contribution in [2.75, 3.05) is 25.1 Å². The van der Waals surface area contributed by atoms with Gasteiger partial charge in [0.2, 0.25) is 11.8 Å². The fraction of sp³-hybridized carbons (Fsp3) is 0.310. The number of ether oxygens (including phenoxy) is 2. The number of nitrogens with zero attached hydrogens (tertiary/aromatic N) is 2. The molecule has 3 aromatic carbocycles. The normalized spacial score (nSPS) is 12.0. The standard InChI is InChI=1S/C29H34ClN3O6S/c1-20(2)31-29(35)21(3)32(18-22-9-7-6-8-10-22)28(34)19-33(24-13-11-23(30)12-14-24)40(36,37)25-15-16-26(38-4)27(17-25)39-5/h6-17,20-21H,18-19H2,1-5H3,(H,31,35). The summed E-state index contributed by atoms with van der Waals surface area (Å²) in [6, 6.07) is 18.5. The van der Waals surface area contributed by atoms with Crippen LogP contribution in [0.1, 0.15) is 26.3 Å². The Bertz CT molecular complexity index is 1420. The van der Waals surface area contributed by atoms with Gasteiger partial charge in [-0.15, -0.1) is 0 Å². The second-order valence-electron chi connectivity index (χ2n) is 9.35. The summed E-state index contributed by atoms with van der Waals surface area (Å²) >= 11 is 6.07. The van der Waals surface area contributed by atoms with Gasteiger partial charge in [-0.05, 0) is 62.7 Å². The fourth-order valence-corrected chi connectivity index (χ4v) is 5.56. The van der Waals surface area contributed by atoms with Gasteiger partial charge in [0.25, 0.3) is 10.0 Å². The van der Waals surface area contributed by atoms with Gasteiger partial charge < -0.3 is 19.7 Å². The highest BCUT2D eigenvalue weighted by Gasteiger charge is 2.33. The molecule has 3 aromatic rings. The number of sulfonamides is 1. The number of hydrogen-bond acceptors (Lipinski definition) is 6. The number of carbonyl (C=O) groups is 2. The number of nitrogens with one attached hydrogen (secondary N) is 1. The molecule has 0 aliphatic carbocycles. The first-order valence-corrected chi connectivity index (χ1v) is 14.4. The van der Waals surface area contributed by atoms with E-state index in [0.29, 0.717) is 10.8 Å². The molecule has 0 saturated carbocycles. The lowest BCUT2D eigenvalue weighted by molar-refractivity contribution is -0.139. The van der Waals surface area contributed by atoms with Crippen molar-refractivity contribution < 1.29 is 27.5 Å². The van der Waals surface area contributed by atoms with Crippen LogP contribution in [0.5, 0.6) is 11.5 Å². The quantitative estimate of drug-likeness (QED) is 0.335. The second kappa shape index (κ2) is 13.5. The van der Waals surface area contributed by atoms with Crippen molar-refractivity contribution in [1.82, 2.24) is 10.2 Å². The van der Waals surface area contributed by atoms with Gasteiger partial charge in [-0.2, -0.15) is 0 Å². The lowest BCUT2D eigenvalue weighted by Crippen LogP contribution is -2.52. The Morgan fingerprint density at radius 1 is 0.900 bits per heavy atom. The number of amides is 2. The Morgan fingerprint density at radius 3 is 2.10 bits per heavy atom. The van der Waals surface area contributed by atoms with Crippen LogP contribution in [-0.2, 0) is 26.2 Å². The summed E-state index contributed by atoms with van der Waals surface area (Å²) in [4.78, 5) is 28.1. The molecule has 1 unspecified atom stereocenters. The Hall–Kier alpha value is -3.76. The van der Waals surface area contributed by atoms with Crippen LogP contribution >= 0.6 is 11.6 Å². The minimum Gasteiger partial charge on any atom is -0.493 e. The van der Waals surface area contributed by atoms with Gasteiger partial charge in [0.15, 0.2) is 11.5 Å². The lowest BCUT2D eigenvalue weighted by Gasteiger charge is -2.32. The minimum absolute atomic E-state index is 0.104. The number of halogens is 1. The molecule has 0 aliphatic rings. The Kier molecular flexibility index (Phi) is 10.4. The number of methoxy groups -OCH3 is 2. The number of carbonyl (C=O) groups excluding carboxylic acids is 2. The predicted molar refractivity (Wildman–Crippen MR) is 155 cm³/mol. The first kappa shape index (κ1) is 30.8. The molecule has 40 heavy (non-hydrogen) atoms. The third-order valence-electron chi connectivity index (χ3n) is 6.13. The maximum absolute atomic E-state index is 14.0. The van der Waals surface area contributed by atoms with Gasteiger partial charge in [-0.3, -0.25) is 13.9 Å². The molecule has 0 heterocycles. The van der Waals surface area contributed by atoms with Crippen molar-refractivity contribution in [3.05, 3.63) is 83.4 Å². The van der Waals surface area contributed by atoms with E-state index in [1.54, 1.807) is 19.1 Å². The van der Waals surface area contributed by atoms with Gasteiger partial charge in [0, 0.05) is 23.7 Å². The average Bonchev–Trinajstić information content (AvgIpc) is 2.94. The highest BCUT2D eigenvalue weighted by atomic mass is 35.5. The maximum atomic E-state index is 14.0. The van der Waals surface area contributed by atoms with Crippen LogP contribution in [0.2, 0.25) is 5.02 Å². The average molecular weight is 588 g/mol. The van der Waals surface area contributed by atoms with E-state index < -0.39 is 28.5 Å². The van der Waals surface area contributed by atoms with Crippen LogP contribution in [0.4, 0.5) is 5.69 Å². The summed E-state index contributed by atoms with van der Waals surface area (Å²) in [6.07, 6.45) is 0. The zero-order valence-electron chi connectivity index (χ0n) is 23.1. The number of hydrogen-bond donors (Lipinski definition) is 1. The van der Waals surface area contributed by atoms with Crippen LogP contribution in [-0.4, -0.2) is 58.0 Å². The van der Waals surface area contributed by atoms with Gasteiger partial charge in [-0.1, -0.05) is 41.9 Å². The molecule has 0 aliphatic heterocycles. The molecule has 0 saturated heterocycles. The van der Waals surface area contributed by atoms with Crippen LogP contribution < -0.4 is 19.1 Å². The van der Waals surface area contributed by atoms with Gasteiger partial charge in [0.05, 0.1) is 24.8 Å². The van der Waals surface area contributed by atoms with E-state index in [0.717, 1.165) is 9.87 Å². The van der Waals surface area contributed by atoms with E-state index in [4.69, 9.17) is 21.1 Å². The molecular weight excluding hydrogens is 554 g/mol. The minimum atomic E-state index is -4.28. The molecule has 0 aromatic heterocycles. The maximum Gasteiger partial charge on any atom is 0.264 e. The molecule has 3 rings (SSSR count). The van der Waals surface area contributed by atoms with Crippen molar-refractivity contribution in [3.63, 3.8) is 0 Å². The summed E-state index contributed by atoms with van der Waals surface area (Å²) in [5, 5.41) is 3.24. The van der Waals surface area contributed by atoms with Gasteiger partial charge in [-0.25, -0.2) is 8.42 Å². The molecule has 214 valence electrons. The monoisotopic (exact) mass is 587 g/mol. The van der Waals surface area contributed by atoms with Gasteiger partial charge in [0.1, 0.15) is 12.6 Å². The molecule has 1 N–H and O–H groups in total. The summed E-state index contributed by atoms with van der Waals surface area (Å²) in [7, 11) is -1.43. The van der Waals surface area contributed by atoms with Crippen molar-refractivity contribution >= 4 is 39.1 Å². The summed E-state index contributed by atoms with van der Waals surface area (Å²) < 4.78 is 39.5. The van der Waals surface area contributed by atoms with E-state index in [1.807, 2.05) is 44.2 Å². The van der Waals surface area contributed by atoms with Crippen LogP contribution in [0.15, 0.2) is 77.7 Å². The molecule has 2 amide bonds. The van der Waals surface area contributed by atoms with E-state index in [1.165, 1.54) is 49.5 Å². The van der Waals surface area contributed by atoms with Crippen molar-refractivity contribution in [1.29, 1.82) is 0 Å². The summed E-state index contributed by atoms with van der Waals surface area (Å²) in [6.45, 7) is 4.81. The Morgan fingerprint density at radius 2 is 1.52 bits per heavy atom. The highest BCUT2D eigenvalue weighted by molar-refractivity contribution is 7.92. The van der Waals surface area contributed by atoms with Crippen LogP contribution in [0.3, 0.4) is 0 Å². The third-order valence-corrected chi connectivity index (χ3v) is 8.15. The van der Waals surface area contributed by atoms with Gasteiger partial charge >= 0.3 is 0 Å². The predicted octanol–water partition coefficient (Wildman–Crippen LogP) is 4.49. The zero-order chi connectivity index (χ0) is 29.4. The number of benzene rings is 3. The molecule has 11 heteroatoms. The lowest BCUT2D eigenvalue weighted by atomic mass is 10.1. The molecule has 0 bridgehead atoms. The number of rotatable bonds is 12. The highest BCUT2D eigenvalue weighted by Crippen LogP contribution is 2.32. The first-order chi connectivity index (χ1) is 19.0. The Balaban J connectivity index is 2.06. The van der Waals surface area contributed by atoms with Crippen LogP contribution in [0.25, 0.3) is 0 Å². The zero-order valence-corrected chi connectivity index (χ0v) is 24.7. The third kappa shape index (κ3) is 7.45. The molecule has 0 fully saturated rings. The van der Waals surface area contributed by atoms with Crippen molar-refractivity contribution in [3.8, 4) is 11.5 Å². The summed E-state index contributed by atoms with van der Waals surface area (Å²) in [5.74, 6) is -0.334. The number of anilines is 1. The van der Waals surface area contributed by atoms with E-state index in [9.17, 15) is 18.0 Å². The largest absolute Gasteiger partial charge is 0.493 e. The topological polar surface area (TPSA) is 105 Å². The fourth-order valence-electron chi connectivity index (χ4n) is 4.01. The first-order valence-electron chi connectivity index (χ1n) is 12.6. The Labute approximate surface area is 240 Å². The van der Waals surface area contributed by atoms with E-state index in [-0.39, 0.29) is 34.8 Å². The molecule has 1 atom stereocenters. The van der Waals surface area contributed by atoms with E-state index in [2.05, 4.69) is 5.32 Å². The molecule has 0 spiro atoms. The summed E-state index contributed by atoms with van der Waals surface area (Å²) in [5.41, 5.74) is 1.02. The van der Waals surface area contributed by atoms with E-state index >= 15 is 0 Å². The SMILES string of the molecule is COc1ccc(S(=O)(=O)N(CC(=O)N(Cc2ccccc2)C(C)C(=O)NC(C)C)c2ccc(Cl)cc2)cc1OC.